The Hall–Kier alpha value is -2.02. The van der Waals surface area contributed by atoms with Gasteiger partial charge in [0.15, 0.2) is 5.65 Å². The second kappa shape index (κ2) is 6.71. The van der Waals surface area contributed by atoms with Gasteiger partial charge >= 0.3 is 0 Å². The summed E-state index contributed by atoms with van der Waals surface area (Å²) in [5.41, 5.74) is 1.90. The Labute approximate surface area is 148 Å². The normalized spacial score (nSPS) is 22.0. The zero-order valence-electron chi connectivity index (χ0n) is 15.7. The minimum atomic E-state index is -0.0220. The number of fused-ring (bicyclic) bond motifs is 1. The fraction of sp³-hybridized carbons (Fsp3) is 0.667. The van der Waals surface area contributed by atoms with E-state index < -0.39 is 0 Å². The summed E-state index contributed by atoms with van der Waals surface area (Å²) in [6, 6.07) is 1.95. The maximum atomic E-state index is 13.0. The predicted octanol–water partition coefficient (Wildman–Crippen LogP) is 2.42. The van der Waals surface area contributed by atoms with Crippen molar-refractivity contribution in [3.8, 4) is 0 Å². The van der Waals surface area contributed by atoms with Gasteiger partial charge < -0.3 is 9.64 Å². The number of pyridine rings is 1. The highest BCUT2D eigenvalue weighted by Crippen LogP contribution is 2.51. The molecule has 1 aliphatic rings. The van der Waals surface area contributed by atoms with E-state index in [1.54, 1.807) is 24.0 Å². The number of ether oxygens (including phenoxy) is 1. The van der Waals surface area contributed by atoms with Crippen molar-refractivity contribution < 1.29 is 9.53 Å². The minimum absolute atomic E-state index is 0.0220. The molecule has 25 heavy (non-hydrogen) atoms. The molecule has 1 saturated carbocycles. The number of aromatic nitrogens is 4. The smallest absolute Gasteiger partial charge is 0.255 e. The molecule has 2 heterocycles. The SMILES string of the molecule is CCO[C@@H]1C[C@@H](N(C)C(=O)c2cnc3c(c2)nnn3C)C1(CC)CC. The van der Waals surface area contributed by atoms with Crippen molar-refractivity contribution in [1.29, 1.82) is 0 Å². The first-order chi connectivity index (χ1) is 12.0. The molecule has 2 aromatic rings. The number of hydrogen-bond acceptors (Lipinski definition) is 5. The zero-order valence-corrected chi connectivity index (χ0v) is 15.7. The van der Waals surface area contributed by atoms with Crippen LogP contribution in [0.1, 0.15) is 50.4 Å². The van der Waals surface area contributed by atoms with Gasteiger partial charge in [-0.1, -0.05) is 19.1 Å². The Morgan fingerprint density at radius 2 is 2.12 bits per heavy atom. The lowest BCUT2D eigenvalue weighted by Gasteiger charge is -2.58. The average molecular weight is 345 g/mol. The van der Waals surface area contributed by atoms with Crippen molar-refractivity contribution in [1.82, 2.24) is 24.9 Å². The quantitative estimate of drug-likeness (QED) is 0.804. The highest BCUT2D eigenvalue weighted by Gasteiger charge is 2.55. The van der Waals surface area contributed by atoms with Gasteiger partial charge in [0.05, 0.1) is 11.7 Å². The molecule has 0 bridgehead atoms. The summed E-state index contributed by atoms with van der Waals surface area (Å²) in [7, 11) is 3.67. The van der Waals surface area contributed by atoms with Crippen LogP contribution in [-0.2, 0) is 11.8 Å². The van der Waals surface area contributed by atoms with Gasteiger partial charge in [-0.2, -0.15) is 0 Å². The Balaban J connectivity index is 1.83. The van der Waals surface area contributed by atoms with Crippen LogP contribution in [0.3, 0.4) is 0 Å². The topological polar surface area (TPSA) is 73.1 Å². The molecule has 0 aromatic carbocycles. The molecule has 2 aromatic heterocycles. The van der Waals surface area contributed by atoms with Crippen molar-refractivity contribution in [3.05, 3.63) is 17.8 Å². The molecular formula is C18H27N5O2. The van der Waals surface area contributed by atoms with Gasteiger partial charge in [-0.05, 0) is 32.3 Å². The van der Waals surface area contributed by atoms with Gasteiger partial charge in [0, 0.05) is 38.4 Å². The number of nitrogens with zero attached hydrogens (tertiary/aromatic N) is 5. The Bertz CT molecular complexity index is 768. The molecule has 1 aliphatic carbocycles. The van der Waals surface area contributed by atoms with E-state index in [2.05, 4.69) is 29.1 Å². The summed E-state index contributed by atoms with van der Waals surface area (Å²) in [5, 5.41) is 8.00. The molecule has 0 spiro atoms. The third-order valence-electron chi connectivity index (χ3n) is 5.90. The minimum Gasteiger partial charge on any atom is -0.378 e. The van der Waals surface area contributed by atoms with Crippen molar-refractivity contribution >= 4 is 17.1 Å². The van der Waals surface area contributed by atoms with Crippen LogP contribution in [0, 0.1) is 5.41 Å². The van der Waals surface area contributed by atoms with Crippen LogP contribution in [0.4, 0.5) is 0 Å². The molecular weight excluding hydrogens is 318 g/mol. The van der Waals surface area contributed by atoms with Crippen LogP contribution < -0.4 is 0 Å². The summed E-state index contributed by atoms with van der Waals surface area (Å²) in [6.07, 6.45) is 4.73. The van der Waals surface area contributed by atoms with E-state index in [1.165, 1.54) is 0 Å². The van der Waals surface area contributed by atoms with E-state index in [9.17, 15) is 4.79 Å². The van der Waals surface area contributed by atoms with Crippen LogP contribution in [-0.4, -0.2) is 56.6 Å². The summed E-state index contributed by atoms with van der Waals surface area (Å²) < 4.78 is 7.53. The molecule has 0 saturated heterocycles. The van der Waals surface area contributed by atoms with Crippen LogP contribution >= 0.6 is 0 Å². The fourth-order valence-corrected chi connectivity index (χ4v) is 4.27. The second-order valence-corrected chi connectivity index (χ2v) is 6.83. The molecule has 1 fully saturated rings. The van der Waals surface area contributed by atoms with Gasteiger partial charge in [-0.25, -0.2) is 9.67 Å². The number of carbonyl (C=O) groups excluding carboxylic acids is 1. The van der Waals surface area contributed by atoms with E-state index in [1.807, 2.05) is 18.9 Å². The highest BCUT2D eigenvalue weighted by molar-refractivity contribution is 5.96. The van der Waals surface area contributed by atoms with Crippen molar-refractivity contribution in [3.63, 3.8) is 0 Å². The van der Waals surface area contributed by atoms with E-state index in [0.29, 0.717) is 23.3 Å². The molecule has 0 N–H and O–H groups in total. The first kappa shape index (κ1) is 17.8. The van der Waals surface area contributed by atoms with Gasteiger partial charge in [-0.3, -0.25) is 4.79 Å². The van der Waals surface area contributed by atoms with Crippen molar-refractivity contribution in [2.75, 3.05) is 13.7 Å². The Kier molecular flexibility index (Phi) is 4.77. The standard InChI is InChI=1S/C18H27N5O2/c1-6-18(7-2)14(10-15(18)25-8-3)22(4)17(24)12-9-13-16(19-11-12)23(5)21-20-13/h9,11,14-15H,6-8,10H2,1-5H3/t14-,15-/m1/s1. The number of carbonyl (C=O) groups is 1. The van der Waals surface area contributed by atoms with E-state index in [0.717, 1.165) is 19.3 Å². The summed E-state index contributed by atoms with van der Waals surface area (Å²) in [5.74, 6) is -0.0220. The molecule has 0 radical (unpaired) electrons. The maximum absolute atomic E-state index is 13.0. The third kappa shape index (κ3) is 2.70. The molecule has 7 heteroatoms. The highest BCUT2D eigenvalue weighted by atomic mass is 16.5. The lowest BCUT2D eigenvalue weighted by molar-refractivity contribution is -0.159. The molecule has 0 unspecified atom stereocenters. The van der Waals surface area contributed by atoms with E-state index in [4.69, 9.17) is 4.74 Å². The summed E-state index contributed by atoms with van der Waals surface area (Å²) in [4.78, 5) is 19.2. The molecule has 136 valence electrons. The van der Waals surface area contributed by atoms with Crippen LogP contribution in [0.25, 0.3) is 11.2 Å². The number of amides is 1. The molecule has 2 atom stereocenters. The van der Waals surface area contributed by atoms with Gasteiger partial charge in [0.2, 0.25) is 0 Å². The van der Waals surface area contributed by atoms with Crippen LogP contribution in [0.15, 0.2) is 12.3 Å². The lowest BCUT2D eigenvalue weighted by atomic mass is 9.58. The number of hydrogen-bond donors (Lipinski definition) is 0. The van der Waals surface area contributed by atoms with Crippen molar-refractivity contribution in [2.24, 2.45) is 12.5 Å². The van der Waals surface area contributed by atoms with E-state index >= 15 is 0 Å². The molecule has 0 aliphatic heterocycles. The van der Waals surface area contributed by atoms with Crippen LogP contribution in [0.5, 0.6) is 0 Å². The first-order valence-corrected chi connectivity index (χ1v) is 9.02. The summed E-state index contributed by atoms with van der Waals surface area (Å²) in [6.45, 7) is 7.12. The zero-order chi connectivity index (χ0) is 18.2. The predicted molar refractivity (Wildman–Crippen MR) is 95.2 cm³/mol. The monoisotopic (exact) mass is 345 g/mol. The molecule has 1 amide bonds. The average Bonchev–Trinajstić information content (AvgIpc) is 2.99. The van der Waals surface area contributed by atoms with Gasteiger partial charge in [0.25, 0.3) is 5.91 Å². The van der Waals surface area contributed by atoms with Crippen molar-refractivity contribution in [2.45, 2.75) is 52.2 Å². The van der Waals surface area contributed by atoms with E-state index in [-0.39, 0.29) is 23.5 Å². The molecule has 3 rings (SSSR count). The number of aryl methyl sites for hydroxylation is 1. The first-order valence-electron chi connectivity index (χ1n) is 9.02. The molecule has 7 nitrogen and oxygen atoms in total. The number of rotatable bonds is 6. The van der Waals surface area contributed by atoms with Crippen LogP contribution in [0.2, 0.25) is 0 Å². The van der Waals surface area contributed by atoms with Gasteiger partial charge in [-0.15, -0.1) is 5.10 Å². The second-order valence-electron chi connectivity index (χ2n) is 6.83. The third-order valence-corrected chi connectivity index (χ3v) is 5.90. The largest absolute Gasteiger partial charge is 0.378 e. The lowest BCUT2D eigenvalue weighted by Crippen LogP contribution is -2.64. The Morgan fingerprint density at radius 1 is 1.40 bits per heavy atom. The fourth-order valence-electron chi connectivity index (χ4n) is 4.27. The summed E-state index contributed by atoms with van der Waals surface area (Å²) >= 11 is 0. The maximum Gasteiger partial charge on any atom is 0.255 e. The van der Waals surface area contributed by atoms with Gasteiger partial charge in [0.1, 0.15) is 5.52 Å². The Morgan fingerprint density at radius 3 is 2.76 bits per heavy atom.